The van der Waals surface area contributed by atoms with Crippen LogP contribution in [0.25, 0.3) is 0 Å². The maximum absolute atomic E-state index is 10.2. The fourth-order valence-corrected chi connectivity index (χ4v) is 2.76. The molecule has 0 spiro atoms. The van der Waals surface area contributed by atoms with Gasteiger partial charge in [0.2, 0.25) is 0 Å². The normalized spacial score (nSPS) is 21.7. The van der Waals surface area contributed by atoms with Crippen molar-refractivity contribution in [2.45, 2.75) is 77.6 Å². The highest BCUT2D eigenvalue weighted by atomic mass is 32.3. The Morgan fingerprint density at radius 3 is 1.24 bits per heavy atom. The summed E-state index contributed by atoms with van der Waals surface area (Å²) in [6.45, 7) is -23.8. The van der Waals surface area contributed by atoms with Gasteiger partial charge in [0.1, 0.15) is 0 Å². The molecule has 0 amide bonds. The van der Waals surface area contributed by atoms with Crippen molar-refractivity contribution in [1.29, 1.82) is 0 Å². The minimum atomic E-state index is -4.67. The van der Waals surface area contributed by atoms with Crippen LogP contribution in [0.4, 0.5) is 0 Å². The summed E-state index contributed by atoms with van der Waals surface area (Å²) in [6, 6.07) is 4.04. The Morgan fingerprint density at radius 1 is 0.707 bits per heavy atom. The van der Waals surface area contributed by atoms with Gasteiger partial charge in [0, 0.05) is 60.0 Å². The van der Waals surface area contributed by atoms with Gasteiger partial charge in [-0.25, -0.2) is 0 Å². The molecule has 0 radical (unpaired) electrons. The van der Waals surface area contributed by atoms with E-state index in [0.717, 1.165) is 24.3 Å². The third kappa shape index (κ3) is 16.3. The molecular formula is C26H44N2O12S. The second kappa shape index (κ2) is 16.1. The Labute approximate surface area is 265 Å². The summed E-state index contributed by atoms with van der Waals surface area (Å²) in [5.74, 6) is -2.60. The van der Waals surface area contributed by atoms with Crippen LogP contribution in [0.2, 0.25) is 0 Å². The van der Waals surface area contributed by atoms with Gasteiger partial charge in [-0.2, -0.15) is 8.42 Å². The number of phenolic OH excluding ortho intramolecular Hbond substituents is 2. The molecule has 0 heterocycles. The van der Waals surface area contributed by atoms with Gasteiger partial charge in [0.15, 0.2) is 23.0 Å². The van der Waals surface area contributed by atoms with Gasteiger partial charge >= 0.3 is 10.4 Å². The first-order valence-electron chi connectivity index (χ1n) is 19.9. The van der Waals surface area contributed by atoms with Gasteiger partial charge in [-0.15, -0.1) is 0 Å². The van der Waals surface area contributed by atoms with E-state index in [-0.39, 0.29) is 22.3 Å². The minimum Gasteiger partial charge on any atom is -0.504 e. The number of aromatic hydroxyl groups is 4. The molecule has 236 valence electrons. The standard InChI is InChI=1S/2C13H21NO4.H2O4S/c2*1-13(2,3)14-6-11(17)8-4-9(7-15)12(18)10(16)5-8;1-5(2,3)4/h2*4-5,11,14-18H,6-7H2,1-3H3;(H2,1,2,3,4)/i2*1D3,2D3,3D3;. The average molecular weight is 627 g/mol. The van der Waals surface area contributed by atoms with Crippen molar-refractivity contribution in [3.8, 4) is 23.0 Å². The fourth-order valence-electron chi connectivity index (χ4n) is 2.76. The topological polar surface area (TPSA) is 260 Å². The van der Waals surface area contributed by atoms with Crippen LogP contribution in [0.1, 0.15) is 100 Å². The molecule has 14 nitrogen and oxygen atoms in total. The third-order valence-electron chi connectivity index (χ3n) is 4.61. The summed E-state index contributed by atoms with van der Waals surface area (Å²) >= 11 is 0. The van der Waals surface area contributed by atoms with E-state index in [2.05, 4.69) is 0 Å². The number of nitrogens with one attached hydrogen (secondary N) is 2. The molecule has 0 aromatic heterocycles. The second-order valence-corrected chi connectivity index (χ2v) is 9.05. The van der Waals surface area contributed by atoms with Crippen molar-refractivity contribution in [2.75, 3.05) is 13.1 Å². The zero-order chi connectivity index (χ0) is 47.3. The summed E-state index contributed by atoms with van der Waals surface area (Å²) in [5, 5.41) is 81.0. The van der Waals surface area contributed by atoms with E-state index < -0.39 is 124 Å². The lowest BCUT2D eigenvalue weighted by molar-refractivity contribution is 0.162. The van der Waals surface area contributed by atoms with Gasteiger partial charge < -0.3 is 51.5 Å². The second-order valence-electron chi connectivity index (χ2n) is 8.15. The Bertz CT molecular complexity index is 1620. The summed E-state index contributed by atoms with van der Waals surface area (Å²) in [6.07, 6.45) is -3.29. The highest BCUT2D eigenvalue weighted by Gasteiger charge is 2.18. The highest BCUT2D eigenvalue weighted by Crippen LogP contribution is 2.33. The lowest BCUT2D eigenvalue weighted by Gasteiger charge is -2.23. The molecule has 2 unspecified atom stereocenters. The first kappa shape index (κ1) is 17.4. The van der Waals surface area contributed by atoms with Crippen LogP contribution < -0.4 is 10.6 Å². The molecule has 0 aliphatic carbocycles. The first-order valence-corrected chi connectivity index (χ1v) is 12.3. The van der Waals surface area contributed by atoms with Crippen molar-refractivity contribution in [2.24, 2.45) is 0 Å². The van der Waals surface area contributed by atoms with Crippen molar-refractivity contribution in [3.63, 3.8) is 0 Å². The smallest absolute Gasteiger partial charge is 0.394 e. The number of benzene rings is 2. The molecule has 0 aliphatic heterocycles. The van der Waals surface area contributed by atoms with E-state index in [1.807, 2.05) is 10.6 Å². The quantitative estimate of drug-likeness (QED) is 0.146. The van der Waals surface area contributed by atoms with Crippen LogP contribution in [0.3, 0.4) is 0 Å². The number of aliphatic hydroxyl groups excluding tert-OH is 4. The third-order valence-corrected chi connectivity index (χ3v) is 4.61. The minimum absolute atomic E-state index is 0.0997. The summed E-state index contributed by atoms with van der Waals surface area (Å²) < 4.78 is 166. The molecule has 0 fully saturated rings. The predicted octanol–water partition coefficient (Wildman–Crippen LogP) is 1.37. The number of phenols is 4. The molecule has 2 rings (SSSR count). The van der Waals surface area contributed by atoms with Crippen molar-refractivity contribution in [1.82, 2.24) is 10.6 Å². The number of rotatable bonds is 8. The van der Waals surface area contributed by atoms with E-state index in [4.69, 9.17) is 52.4 Å². The van der Waals surface area contributed by atoms with Gasteiger partial charge in [-0.1, -0.05) is 0 Å². The fraction of sp³-hybridized carbons (Fsp3) is 0.538. The van der Waals surface area contributed by atoms with Crippen molar-refractivity contribution in [3.05, 3.63) is 46.5 Å². The zero-order valence-electron chi connectivity index (χ0n) is 39.0. The SMILES string of the molecule is O=S(=O)(O)O.[2H]C([2H])([2H])C(NCC(O)c1cc(O)c(O)c(CO)c1)(C([2H])([2H])[2H])C([2H])([2H])[2H].[2H]C([2H])([2H])C(NCC(O)c1cc(O)c(O)c(CO)c1)(C([2H])([2H])[2H])C([2H])([2H])[2H]. The van der Waals surface area contributed by atoms with Gasteiger partial charge in [0.25, 0.3) is 0 Å². The summed E-state index contributed by atoms with van der Waals surface area (Å²) in [5.41, 5.74) is -7.11. The van der Waals surface area contributed by atoms with Crippen LogP contribution >= 0.6 is 0 Å². The van der Waals surface area contributed by atoms with E-state index in [1.165, 1.54) is 0 Å². The Hall–Kier alpha value is -2.73. The van der Waals surface area contributed by atoms with E-state index >= 15 is 0 Å². The Kier molecular flexibility index (Phi) is 6.81. The van der Waals surface area contributed by atoms with Crippen LogP contribution in [0.5, 0.6) is 23.0 Å². The molecule has 0 saturated carbocycles. The van der Waals surface area contributed by atoms with Crippen LogP contribution in [0, 0.1) is 0 Å². The van der Waals surface area contributed by atoms with Gasteiger partial charge in [-0.3, -0.25) is 9.11 Å². The van der Waals surface area contributed by atoms with Crippen LogP contribution in [-0.2, 0) is 23.6 Å². The number of hydrogen-bond donors (Lipinski definition) is 12. The molecule has 2 atom stereocenters. The maximum Gasteiger partial charge on any atom is 0.394 e. The maximum atomic E-state index is 10.2. The lowest BCUT2D eigenvalue weighted by Crippen LogP contribution is -2.38. The molecule has 15 heteroatoms. The molecule has 0 saturated heterocycles. The molecule has 12 N–H and O–H groups in total. The monoisotopic (exact) mass is 626 g/mol. The molecule has 2 aromatic carbocycles. The number of aliphatic hydroxyl groups is 4. The first-order chi connectivity index (χ1) is 26.0. The zero-order valence-corrected chi connectivity index (χ0v) is 21.8. The number of hydrogen-bond acceptors (Lipinski definition) is 12. The summed E-state index contributed by atoms with van der Waals surface area (Å²) in [4.78, 5) is 0. The lowest BCUT2D eigenvalue weighted by atomic mass is 10.0. The number of β-amino-alcohol motifs (C(OH)–C–C–N with tert-alkyl or cyclic N) is 2. The molecule has 0 aliphatic rings. The molecule has 2 aromatic rings. The van der Waals surface area contributed by atoms with E-state index in [1.54, 1.807) is 0 Å². The highest BCUT2D eigenvalue weighted by molar-refractivity contribution is 7.79. The Morgan fingerprint density at radius 2 is 1.00 bits per heavy atom. The Balaban J connectivity index is 0.00000102. The van der Waals surface area contributed by atoms with E-state index in [9.17, 15) is 30.6 Å². The molecule has 0 bridgehead atoms. The van der Waals surface area contributed by atoms with E-state index in [0.29, 0.717) is 0 Å². The average Bonchev–Trinajstić information content (AvgIpc) is 2.99. The molecular weight excluding hydrogens is 564 g/mol. The van der Waals surface area contributed by atoms with Crippen molar-refractivity contribution >= 4 is 10.4 Å². The van der Waals surface area contributed by atoms with Crippen LogP contribution in [0.15, 0.2) is 24.3 Å². The van der Waals surface area contributed by atoms with Crippen molar-refractivity contribution < 1.29 is 83.0 Å². The summed E-state index contributed by atoms with van der Waals surface area (Å²) in [7, 11) is -4.67. The van der Waals surface area contributed by atoms with Crippen LogP contribution in [-0.4, -0.2) is 82.5 Å². The predicted molar refractivity (Wildman–Crippen MR) is 151 cm³/mol. The molecule has 41 heavy (non-hydrogen) atoms. The van der Waals surface area contributed by atoms with Gasteiger partial charge in [-0.05, 0) is 76.5 Å². The van der Waals surface area contributed by atoms with Gasteiger partial charge in [0.05, 0.1) is 25.4 Å². The largest absolute Gasteiger partial charge is 0.504 e.